The van der Waals surface area contributed by atoms with Gasteiger partial charge in [-0.05, 0) is 24.1 Å². The lowest BCUT2D eigenvalue weighted by Gasteiger charge is -2.20. The maximum Gasteiger partial charge on any atom is 0.224 e. The third-order valence-electron chi connectivity index (χ3n) is 2.45. The Morgan fingerprint density at radius 1 is 1.33 bits per heavy atom. The van der Waals surface area contributed by atoms with Crippen LogP contribution in [-0.4, -0.2) is 23.9 Å². The minimum atomic E-state index is -3.25. The summed E-state index contributed by atoms with van der Waals surface area (Å²) in [5.41, 5.74) is 1.45. The van der Waals surface area contributed by atoms with Crippen molar-refractivity contribution < 1.29 is 8.42 Å². The maximum atomic E-state index is 11.8. The molecule has 0 spiro atoms. The highest BCUT2D eigenvalue weighted by Crippen LogP contribution is 2.13. The molecule has 0 N–H and O–H groups in total. The summed E-state index contributed by atoms with van der Waals surface area (Å²) in [5.74, 6) is 0. The first-order chi connectivity index (χ1) is 8.53. The molecule has 0 saturated heterocycles. The molecule has 0 aromatic heterocycles. The summed E-state index contributed by atoms with van der Waals surface area (Å²) >= 11 is 3.01. The van der Waals surface area contributed by atoms with Gasteiger partial charge in [-0.25, -0.2) is 8.42 Å². The van der Waals surface area contributed by atoms with E-state index in [1.54, 1.807) is 24.3 Å². The van der Waals surface area contributed by atoms with Crippen LogP contribution in [0.1, 0.15) is 24.5 Å². The Hall–Kier alpha value is -0.900. The van der Waals surface area contributed by atoms with Crippen LogP contribution in [0.2, 0.25) is 0 Å². The van der Waals surface area contributed by atoms with Crippen molar-refractivity contribution in [1.82, 2.24) is 4.31 Å². The van der Waals surface area contributed by atoms with E-state index in [1.165, 1.54) is 4.31 Å². The molecule has 0 aliphatic carbocycles. The standard InChI is InChI=1S/C12H15BrN2O2S/c1-2-7-15(18(16,17)10-13)9-12-5-3-11(8-14)4-6-12/h3-6H,2,7,9-10H2,1H3. The summed E-state index contributed by atoms with van der Waals surface area (Å²) in [5, 5.41) is 8.70. The Bertz CT molecular complexity index is 520. The molecular weight excluding hydrogens is 316 g/mol. The van der Waals surface area contributed by atoms with Gasteiger partial charge in [-0.2, -0.15) is 9.57 Å². The number of nitriles is 1. The van der Waals surface area contributed by atoms with Crippen LogP contribution in [0.5, 0.6) is 0 Å². The monoisotopic (exact) mass is 330 g/mol. The zero-order chi connectivity index (χ0) is 13.6. The number of halogens is 1. The lowest BCUT2D eigenvalue weighted by molar-refractivity contribution is 0.409. The molecule has 0 saturated carbocycles. The van der Waals surface area contributed by atoms with E-state index in [1.807, 2.05) is 13.0 Å². The van der Waals surface area contributed by atoms with Gasteiger partial charge in [0.2, 0.25) is 10.0 Å². The second-order valence-corrected chi connectivity index (χ2v) is 7.14. The highest BCUT2D eigenvalue weighted by molar-refractivity contribution is 9.10. The average Bonchev–Trinajstić information content (AvgIpc) is 2.39. The number of nitrogens with zero attached hydrogens (tertiary/aromatic N) is 2. The van der Waals surface area contributed by atoms with Gasteiger partial charge in [0, 0.05) is 13.1 Å². The second-order valence-electron chi connectivity index (χ2n) is 3.86. The molecule has 1 aromatic carbocycles. The number of hydrogen-bond donors (Lipinski definition) is 0. The lowest BCUT2D eigenvalue weighted by Crippen LogP contribution is -2.31. The molecule has 18 heavy (non-hydrogen) atoms. The fourth-order valence-electron chi connectivity index (χ4n) is 1.52. The van der Waals surface area contributed by atoms with Gasteiger partial charge in [-0.15, -0.1) is 0 Å². The molecule has 0 heterocycles. The van der Waals surface area contributed by atoms with Gasteiger partial charge in [0.15, 0.2) is 0 Å². The molecule has 0 fully saturated rings. The van der Waals surface area contributed by atoms with Crippen LogP contribution in [0.15, 0.2) is 24.3 Å². The fourth-order valence-corrected chi connectivity index (χ4v) is 3.34. The summed E-state index contributed by atoms with van der Waals surface area (Å²) in [7, 11) is -3.25. The molecule has 0 aliphatic heterocycles. The highest BCUT2D eigenvalue weighted by atomic mass is 79.9. The van der Waals surface area contributed by atoms with E-state index >= 15 is 0 Å². The van der Waals surface area contributed by atoms with E-state index in [0.717, 1.165) is 12.0 Å². The topological polar surface area (TPSA) is 61.2 Å². The van der Waals surface area contributed by atoms with Crippen LogP contribution in [0.25, 0.3) is 0 Å². The minimum Gasteiger partial charge on any atom is -0.211 e. The van der Waals surface area contributed by atoms with Gasteiger partial charge in [0.1, 0.15) is 4.66 Å². The van der Waals surface area contributed by atoms with E-state index in [0.29, 0.717) is 18.7 Å². The number of sulfonamides is 1. The SMILES string of the molecule is CCCN(Cc1ccc(C#N)cc1)S(=O)(=O)CBr. The fraction of sp³-hybridized carbons (Fsp3) is 0.417. The highest BCUT2D eigenvalue weighted by Gasteiger charge is 2.19. The third-order valence-corrected chi connectivity index (χ3v) is 5.56. The quantitative estimate of drug-likeness (QED) is 0.752. The van der Waals surface area contributed by atoms with Crippen LogP contribution >= 0.6 is 15.9 Å². The molecule has 6 heteroatoms. The number of alkyl halides is 1. The van der Waals surface area contributed by atoms with Gasteiger partial charge in [-0.1, -0.05) is 35.0 Å². The molecule has 98 valence electrons. The molecule has 0 aliphatic rings. The van der Waals surface area contributed by atoms with Crippen molar-refractivity contribution in [2.75, 3.05) is 11.2 Å². The Morgan fingerprint density at radius 3 is 2.39 bits per heavy atom. The normalized spacial score (nSPS) is 11.4. The van der Waals surface area contributed by atoms with E-state index < -0.39 is 10.0 Å². The largest absolute Gasteiger partial charge is 0.224 e. The number of hydrogen-bond acceptors (Lipinski definition) is 3. The summed E-state index contributed by atoms with van der Waals surface area (Å²) in [6.07, 6.45) is 0.766. The van der Waals surface area contributed by atoms with Crippen molar-refractivity contribution in [2.45, 2.75) is 19.9 Å². The molecular formula is C12H15BrN2O2S. The Morgan fingerprint density at radius 2 is 1.94 bits per heavy atom. The predicted molar refractivity (Wildman–Crippen MR) is 74.6 cm³/mol. The van der Waals surface area contributed by atoms with Crippen molar-refractivity contribution in [3.05, 3.63) is 35.4 Å². The van der Waals surface area contributed by atoms with Crippen molar-refractivity contribution in [2.24, 2.45) is 0 Å². The summed E-state index contributed by atoms with van der Waals surface area (Å²) < 4.78 is 25.1. The van der Waals surface area contributed by atoms with Crippen LogP contribution in [-0.2, 0) is 16.6 Å². The zero-order valence-electron chi connectivity index (χ0n) is 10.1. The van der Waals surface area contributed by atoms with Crippen molar-refractivity contribution in [1.29, 1.82) is 5.26 Å². The van der Waals surface area contributed by atoms with Gasteiger partial charge >= 0.3 is 0 Å². The first kappa shape index (κ1) is 15.2. The molecule has 0 amide bonds. The molecule has 1 rings (SSSR count). The van der Waals surface area contributed by atoms with E-state index in [2.05, 4.69) is 15.9 Å². The predicted octanol–water partition coefficient (Wildman–Crippen LogP) is 2.45. The van der Waals surface area contributed by atoms with E-state index in [4.69, 9.17) is 5.26 Å². The first-order valence-corrected chi connectivity index (χ1v) is 8.29. The van der Waals surface area contributed by atoms with Crippen LogP contribution in [0, 0.1) is 11.3 Å². The minimum absolute atomic E-state index is 0.0731. The number of rotatable bonds is 6. The second kappa shape index (κ2) is 6.88. The van der Waals surface area contributed by atoms with Crippen molar-refractivity contribution in [3.63, 3.8) is 0 Å². The Labute approximate surface area is 116 Å². The maximum absolute atomic E-state index is 11.8. The molecule has 0 atom stereocenters. The van der Waals surface area contributed by atoms with Crippen molar-refractivity contribution >= 4 is 26.0 Å². The van der Waals surface area contributed by atoms with Crippen LogP contribution in [0.3, 0.4) is 0 Å². The Kier molecular flexibility index (Phi) is 5.79. The van der Waals surface area contributed by atoms with Crippen LogP contribution in [0.4, 0.5) is 0 Å². The average molecular weight is 331 g/mol. The number of benzene rings is 1. The van der Waals surface area contributed by atoms with Gasteiger partial charge in [0.25, 0.3) is 0 Å². The van der Waals surface area contributed by atoms with Gasteiger partial charge < -0.3 is 0 Å². The first-order valence-electron chi connectivity index (χ1n) is 5.56. The molecule has 1 aromatic rings. The van der Waals surface area contributed by atoms with Crippen molar-refractivity contribution in [3.8, 4) is 6.07 Å². The Balaban J connectivity index is 2.87. The summed E-state index contributed by atoms with van der Waals surface area (Å²) in [4.78, 5) is 0. The molecule has 4 nitrogen and oxygen atoms in total. The lowest BCUT2D eigenvalue weighted by atomic mass is 10.1. The van der Waals surface area contributed by atoms with Gasteiger partial charge in [-0.3, -0.25) is 0 Å². The van der Waals surface area contributed by atoms with E-state index in [9.17, 15) is 8.42 Å². The van der Waals surface area contributed by atoms with Gasteiger partial charge in [0.05, 0.1) is 11.6 Å². The van der Waals surface area contributed by atoms with E-state index in [-0.39, 0.29) is 4.66 Å². The third kappa shape index (κ3) is 4.09. The smallest absolute Gasteiger partial charge is 0.211 e. The summed E-state index contributed by atoms with van der Waals surface area (Å²) in [6.45, 7) is 2.77. The summed E-state index contributed by atoms with van der Waals surface area (Å²) in [6, 6.07) is 8.99. The molecule has 0 bridgehead atoms. The zero-order valence-corrected chi connectivity index (χ0v) is 12.5. The van der Waals surface area contributed by atoms with Crippen LogP contribution < -0.4 is 0 Å². The molecule has 0 unspecified atom stereocenters. The molecule has 0 radical (unpaired) electrons.